The minimum atomic E-state index is -3.57. The summed E-state index contributed by atoms with van der Waals surface area (Å²) in [7, 11) is -1.60. The average Bonchev–Trinajstić information content (AvgIpc) is 3.14. The van der Waals surface area contributed by atoms with E-state index in [0.717, 1.165) is 4.88 Å². The van der Waals surface area contributed by atoms with Crippen molar-refractivity contribution in [3.63, 3.8) is 0 Å². The third-order valence-electron chi connectivity index (χ3n) is 4.20. The summed E-state index contributed by atoms with van der Waals surface area (Å²) in [6, 6.07) is 10.1. The number of hydrogen-bond donors (Lipinski definition) is 1. The third-order valence-corrected chi connectivity index (χ3v) is 6.97. The number of benzene rings is 1. The predicted octanol–water partition coefficient (Wildman–Crippen LogP) is 1.61. The topological polar surface area (TPSA) is 69.7 Å². The van der Waals surface area contributed by atoms with Gasteiger partial charge in [0.05, 0.1) is 11.4 Å². The largest absolute Gasteiger partial charge is 0.347 e. The van der Waals surface area contributed by atoms with Gasteiger partial charge in [0, 0.05) is 36.6 Å². The first kappa shape index (κ1) is 18.1. The van der Waals surface area contributed by atoms with Gasteiger partial charge in [-0.3, -0.25) is 4.79 Å². The van der Waals surface area contributed by atoms with Crippen molar-refractivity contribution in [2.75, 3.05) is 33.2 Å². The maximum absolute atomic E-state index is 12.8. The Balaban J connectivity index is 1.73. The lowest BCUT2D eigenvalue weighted by Gasteiger charge is -2.31. The first-order valence-corrected chi connectivity index (χ1v) is 10.4. The van der Waals surface area contributed by atoms with E-state index in [9.17, 15) is 13.2 Å². The molecule has 1 aliphatic rings. The summed E-state index contributed by atoms with van der Waals surface area (Å²) in [5.41, 5.74) is 0.353. The van der Waals surface area contributed by atoms with Gasteiger partial charge in [0.15, 0.2) is 0 Å². The molecule has 6 nitrogen and oxygen atoms in total. The highest BCUT2D eigenvalue weighted by Gasteiger charge is 2.27. The van der Waals surface area contributed by atoms with E-state index in [2.05, 4.69) is 10.2 Å². The van der Waals surface area contributed by atoms with Crippen LogP contribution in [-0.4, -0.2) is 56.8 Å². The molecule has 25 heavy (non-hydrogen) atoms. The van der Waals surface area contributed by atoms with Crippen molar-refractivity contribution in [3.8, 4) is 0 Å². The smallest absolute Gasteiger partial charge is 0.251 e. The second-order valence-electron chi connectivity index (χ2n) is 6.00. The zero-order valence-corrected chi connectivity index (χ0v) is 15.6. The van der Waals surface area contributed by atoms with E-state index < -0.39 is 10.0 Å². The summed E-state index contributed by atoms with van der Waals surface area (Å²) in [6.45, 7) is 2.79. The molecule has 0 unspecified atom stereocenters. The SMILES string of the molecule is CN1CCN(S(=O)(=O)c2cccc(C(=O)NCc3cccs3)c2)CC1. The lowest BCUT2D eigenvalue weighted by molar-refractivity contribution is 0.0951. The lowest BCUT2D eigenvalue weighted by atomic mass is 10.2. The number of likely N-dealkylation sites (N-methyl/N-ethyl adjacent to an activating group) is 1. The van der Waals surface area contributed by atoms with Crippen LogP contribution < -0.4 is 5.32 Å². The van der Waals surface area contributed by atoms with Gasteiger partial charge in [-0.15, -0.1) is 11.3 Å². The summed E-state index contributed by atoms with van der Waals surface area (Å²) in [4.78, 5) is 15.6. The number of nitrogens with one attached hydrogen (secondary N) is 1. The molecule has 0 bridgehead atoms. The molecule has 1 aromatic carbocycles. The summed E-state index contributed by atoms with van der Waals surface area (Å²) >= 11 is 1.57. The van der Waals surface area contributed by atoms with Crippen molar-refractivity contribution in [1.29, 1.82) is 0 Å². The molecule has 1 fully saturated rings. The van der Waals surface area contributed by atoms with Gasteiger partial charge in [-0.1, -0.05) is 12.1 Å². The molecule has 3 rings (SSSR count). The Kier molecular flexibility index (Phi) is 5.53. The Morgan fingerprint density at radius 2 is 1.92 bits per heavy atom. The quantitative estimate of drug-likeness (QED) is 0.857. The number of piperazine rings is 1. The molecular weight excluding hydrogens is 358 g/mol. The molecule has 1 aromatic heterocycles. The zero-order valence-electron chi connectivity index (χ0n) is 14.0. The van der Waals surface area contributed by atoms with Crippen LogP contribution >= 0.6 is 11.3 Å². The Bertz CT molecular complexity index is 827. The van der Waals surface area contributed by atoms with Crippen molar-refractivity contribution in [2.24, 2.45) is 0 Å². The first-order valence-electron chi connectivity index (χ1n) is 8.06. The number of amides is 1. The first-order chi connectivity index (χ1) is 12.0. The third kappa shape index (κ3) is 4.27. The standard InChI is InChI=1S/C17H21N3O3S2/c1-19-7-9-20(10-8-19)25(22,23)16-6-2-4-14(12-16)17(21)18-13-15-5-3-11-24-15/h2-6,11-12H,7-10,13H2,1H3,(H,18,21). The van der Waals surface area contributed by atoms with Crippen LogP contribution in [0.5, 0.6) is 0 Å². The normalized spacial score (nSPS) is 16.7. The molecule has 0 spiro atoms. The predicted molar refractivity (Wildman–Crippen MR) is 98.2 cm³/mol. The second kappa shape index (κ2) is 7.65. The number of thiophene rings is 1. The molecule has 2 heterocycles. The molecule has 1 aliphatic heterocycles. The second-order valence-corrected chi connectivity index (χ2v) is 8.97. The van der Waals surface area contributed by atoms with Crippen LogP contribution in [0.3, 0.4) is 0 Å². The van der Waals surface area contributed by atoms with Gasteiger partial charge in [0.25, 0.3) is 5.91 Å². The Labute approximate surface area is 152 Å². The van der Waals surface area contributed by atoms with Crippen molar-refractivity contribution >= 4 is 27.3 Å². The maximum Gasteiger partial charge on any atom is 0.251 e. The van der Waals surface area contributed by atoms with Gasteiger partial charge in [-0.05, 0) is 36.7 Å². The minimum Gasteiger partial charge on any atom is -0.347 e. The summed E-state index contributed by atoms with van der Waals surface area (Å²) < 4.78 is 27.1. The van der Waals surface area contributed by atoms with Crippen LogP contribution in [0, 0.1) is 0 Å². The molecule has 1 saturated heterocycles. The van der Waals surface area contributed by atoms with Crippen LogP contribution in [0.25, 0.3) is 0 Å². The molecule has 0 atom stereocenters. The van der Waals surface area contributed by atoms with Crippen LogP contribution in [0.1, 0.15) is 15.2 Å². The van der Waals surface area contributed by atoms with Gasteiger partial charge in [-0.25, -0.2) is 8.42 Å². The Hall–Kier alpha value is -1.74. The fraction of sp³-hybridized carbons (Fsp3) is 0.353. The monoisotopic (exact) mass is 379 g/mol. The molecular formula is C17H21N3O3S2. The van der Waals surface area contributed by atoms with E-state index in [1.165, 1.54) is 10.4 Å². The molecule has 0 aliphatic carbocycles. The highest BCUT2D eigenvalue weighted by Crippen LogP contribution is 2.19. The molecule has 1 N–H and O–H groups in total. The van der Waals surface area contributed by atoms with Gasteiger partial charge in [-0.2, -0.15) is 4.31 Å². The molecule has 0 saturated carbocycles. The number of hydrogen-bond acceptors (Lipinski definition) is 5. The van der Waals surface area contributed by atoms with E-state index in [0.29, 0.717) is 38.3 Å². The average molecular weight is 380 g/mol. The minimum absolute atomic E-state index is 0.167. The van der Waals surface area contributed by atoms with Crippen LogP contribution in [0.4, 0.5) is 0 Å². The van der Waals surface area contributed by atoms with E-state index in [1.807, 2.05) is 24.6 Å². The molecule has 8 heteroatoms. The zero-order chi connectivity index (χ0) is 17.9. The highest BCUT2D eigenvalue weighted by molar-refractivity contribution is 7.89. The highest BCUT2D eigenvalue weighted by atomic mass is 32.2. The number of sulfonamides is 1. The number of carbonyl (C=O) groups excluding carboxylic acids is 1. The van der Waals surface area contributed by atoms with Crippen molar-refractivity contribution in [1.82, 2.24) is 14.5 Å². The number of rotatable bonds is 5. The van der Waals surface area contributed by atoms with Crippen molar-refractivity contribution < 1.29 is 13.2 Å². The van der Waals surface area contributed by atoms with Gasteiger partial charge in [0.1, 0.15) is 0 Å². The van der Waals surface area contributed by atoms with Crippen LogP contribution in [-0.2, 0) is 16.6 Å². The Morgan fingerprint density at radius 3 is 2.60 bits per heavy atom. The van der Waals surface area contributed by atoms with E-state index in [1.54, 1.807) is 29.5 Å². The lowest BCUT2D eigenvalue weighted by Crippen LogP contribution is -2.47. The Morgan fingerprint density at radius 1 is 1.16 bits per heavy atom. The van der Waals surface area contributed by atoms with Crippen LogP contribution in [0.2, 0.25) is 0 Å². The molecule has 134 valence electrons. The summed E-state index contributed by atoms with van der Waals surface area (Å²) in [6.07, 6.45) is 0. The summed E-state index contributed by atoms with van der Waals surface area (Å²) in [5.74, 6) is -0.274. The number of carbonyl (C=O) groups is 1. The van der Waals surface area contributed by atoms with Gasteiger partial charge >= 0.3 is 0 Å². The maximum atomic E-state index is 12.8. The van der Waals surface area contributed by atoms with E-state index >= 15 is 0 Å². The van der Waals surface area contributed by atoms with Gasteiger partial charge in [0.2, 0.25) is 10.0 Å². The van der Waals surface area contributed by atoms with Crippen molar-refractivity contribution in [3.05, 3.63) is 52.2 Å². The molecule has 1 amide bonds. The molecule has 2 aromatic rings. The van der Waals surface area contributed by atoms with Crippen molar-refractivity contribution in [2.45, 2.75) is 11.4 Å². The van der Waals surface area contributed by atoms with Gasteiger partial charge < -0.3 is 10.2 Å². The number of nitrogens with zero attached hydrogens (tertiary/aromatic N) is 2. The summed E-state index contributed by atoms with van der Waals surface area (Å²) in [5, 5.41) is 4.77. The van der Waals surface area contributed by atoms with E-state index in [-0.39, 0.29) is 10.8 Å². The van der Waals surface area contributed by atoms with E-state index in [4.69, 9.17) is 0 Å². The molecule has 0 radical (unpaired) electrons. The van der Waals surface area contributed by atoms with Crippen LogP contribution in [0.15, 0.2) is 46.7 Å². The fourth-order valence-corrected chi connectivity index (χ4v) is 4.77. The fourth-order valence-electron chi connectivity index (χ4n) is 2.66.